The molecule has 0 aliphatic carbocycles. The number of halogens is 1. The Morgan fingerprint density at radius 3 is 2.68 bits per heavy atom. The molecule has 1 atom stereocenters. The maximum atomic E-state index is 12.5. The number of rotatable bonds is 4. The molecule has 2 aliphatic rings. The summed E-state index contributed by atoms with van der Waals surface area (Å²) in [6, 6.07) is 0. The summed E-state index contributed by atoms with van der Waals surface area (Å²) < 4.78 is 34.9. The van der Waals surface area contributed by atoms with E-state index in [1.165, 1.54) is 0 Å². The largest absolute Gasteiger partial charge is 0.381 e. The van der Waals surface area contributed by atoms with Crippen LogP contribution in [-0.4, -0.2) is 49.9 Å². The lowest BCUT2D eigenvalue weighted by Gasteiger charge is -2.39. The molecule has 0 amide bonds. The van der Waals surface area contributed by atoms with Crippen molar-refractivity contribution < 1.29 is 13.2 Å². The normalized spacial score (nSPS) is 29.3. The van der Waals surface area contributed by atoms with Crippen LogP contribution >= 0.6 is 15.9 Å². The number of ether oxygens (including phenoxy) is 1. The highest BCUT2D eigenvalue weighted by atomic mass is 79.9. The van der Waals surface area contributed by atoms with E-state index in [0.29, 0.717) is 37.6 Å². The van der Waals surface area contributed by atoms with E-state index in [9.17, 15) is 8.42 Å². The molecule has 0 spiro atoms. The summed E-state index contributed by atoms with van der Waals surface area (Å²) in [7, 11) is -3.39. The second-order valence-corrected chi connectivity index (χ2v) is 7.97. The first kappa shape index (κ1) is 15.7. The van der Waals surface area contributed by atoms with Crippen molar-refractivity contribution in [3.8, 4) is 0 Å². The van der Waals surface area contributed by atoms with Crippen LogP contribution in [0.1, 0.15) is 32.6 Å². The summed E-state index contributed by atoms with van der Waals surface area (Å²) >= 11 is 3.46. The first-order chi connectivity index (χ1) is 8.97. The van der Waals surface area contributed by atoms with E-state index in [4.69, 9.17) is 4.74 Å². The molecule has 0 aromatic heterocycles. The Hall–Kier alpha value is 0.310. The van der Waals surface area contributed by atoms with Crippen molar-refractivity contribution in [3.05, 3.63) is 0 Å². The zero-order valence-electron chi connectivity index (χ0n) is 11.4. The van der Waals surface area contributed by atoms with E-state index >= 15 is 0 Å². The first-order valence-electron chi connectivity index (χ1n) is 6.90. The quantitative estimate of drug-likeness (QED) is 0.778. The van der Waals surface area contributed by atoms with Crippen molar-refractivity contribution in [1.29, 1.82) is 0 Å². The van der Waals surface area contributed by atoms with E-state index in [0.717, 1.165) is 25.7 Å². The average molecular weight is 355 g/mol. The molecule has 2 heterocycles. The molecule has 0 bridgehead atoms. The molecule has 2 saturated heterocycles. The lowest BCUT2D eigenvalue weighted by atomic mass is 9.94. The van der Waals surface area contributed by atoms with Gasteiger partial charge in [0.1, 0.15) is 0 Å². The number of hydrogen-bond acceptors (Lipinski definition) is 3. The minimum absolute atomic E-state index is 0.391. The summed E-state index contributed by atoms with van der Waals surface area (Å²) in [6.45, 7) is 4.60. The van der Waals surface area contributed by atoms with Gasteiger partial charge >= 0.3 is 0 Å². The molecule has 19 heavy (non-hydrogen) atoms. The number of hydrogen-bond donors (Lipinski definition) is 1. The van der Waals surface area contributed by atoms with Gasteiger partial charge in [-0.2, -0.15) is 17.4 Å². The van der Waals surface area contributed by atoms with Crippen molar-refractivity contribution in [2.75, 3.05) is 31.6 Å². The van der Waals surface area contributed by atoms with Crippen LogP contribution in [-0.2, 0) is 14.9 Å². The third-order valence-electron chi connectivity index (χ3n) is 4.01. The number of nitrogens with zero attached hydrogens (tertiary/aromatic N) is 1. The van der Waals surface area contributed by atoms with Gasteiger partial charge in [0.25, 0.3) is 10.2 Å². The Morgan fingerprint density at radius 2 is 2.11 bits per heavy atom. The fourth-order valence-corrected chi connectivity index (χ4v) is 5.39. The molecule has 112 valence electrons. The molecule has 0 radical (unpaired) electrons. The molecular weight excluding hydrogens is 332 g/mol. The first-order valence-corrected chi connectivity index (χ1v) is 9.46. The van der Waals surface area contributed by atoms with Crippen LogP contribution in [0.2, 0.25) is 0 Å². The van der Waals surface area contributed by atoms with Gasteiger partial charge in [0.05, 0.1) is 0 Å². The lowest BCUT2D eigenvalue weighted by molar-refractivity contribution is 0.0549. The van der Waals surface area contributed by atoms with Crippen molar-refractivity contribution in [2.24, 2.45) is 5.92 Å². The summed E-state index contributed by atoms with van der Waals surface area (Å²) in [5.74, 6) is 0.444. The van der Waals surface area contributed by atoms with Gasteiger partial charge in [-0.1, -0.05) is 22.9 Å². The van der Waals surface area contributed by atoms with Gasteiger partial charge in [-0.15, -0.1) is 0 Å². The molecule has 0 aromatic carbocycles. The van der Waals surface area contributed by atoms with E-state index < -0.39 is 15.7 Å². The summed E-state index contributed by atoms with van der Waals surface area (Å²) in [5.41, 5.74) is -0.391. The zero-order valence-corrected chi connectivity index (χ0v) is 13.8. The van der Waals surface area contributed by atoms with Gasteiger partial charge < -0.3 is 4.74 Å². The smallest absolute Gasteiger partial charge is 0.279 e. The highest BCUT2D eigenvalue weighted by molar-refractivity contribution is 9.09. The molecule has 1 unspecified atom stereocenters. The Labute approximate surface area is 124 Å². The second-order valence-electron chi connectivity index (χ2n) is 5.74. The van der Waals surface area contributed by atoms with Gasteiger partial charge in [0.2, 0.25) is 0 Å². The van der Waals surface area contributed by atoms with Gasteiger partial charge in [0, 0.05) is 37.2 Å². The van der Waals surface area contributed by atoms with Crippen molar-refractivity contribution in [1.82, 2.24) is 9.03 Å². The van der Waals surface area contributed by atoms with E-state index in [2.05, 4.69) is 27.6 Å². The Bertz CT molecular complexity index is 396. The third kappa shape index (κ3) is 3.91. The predicted molar refractivity (Wildman–Crippen MR) is 78.6 cm³/mol. The van der Waals surface area contributed by atoms with Crippen LogP contribution in [0.3, 0.4) is 0 Å². The average Bonchev–Trinajstić information content (AvgIpc) is 2.39. The fraction of sp³-hybridized carbons (Fsp3) is 1.00. The van der Waals surface area contributed by atoms with E-state index in [-0.39, 0.29) is 0 Å². The zero-order chi connectivity index (χ0) is 13.9. The molecular formula is C12H23BrN2O3S. The Kier molecular flexibility index (Phi) is 5.28. The van der Waals surface area contributed by atoms with Crippen molar-refractivity contribution >= 4 is 26.1 Å². The standard InChI is InChI=1S/C12H23BrN2O3S/c1-11-3-2-6-15(9-11)19(16,17)14-12(10-13)4-7-18-8-5-12/h11,14H,2-10H2,1H3. The van der Waals surface area contributed by atoms with Crippen LogP contribution < -0.4 is 4.72 Å². The Morgan fingerprint density at radius 1 is 1.42 bits per heavy atom. The summed E-state index contributed by atoms with van der Waals surface area (Å²) in [5, 5.41) is 0.631. The van der Waals surface area contributed by atoms with Crippen LogP contribution in [0.4, 0.5) is 0 Å². The van der Waals surface area contributed by atoms with Gasteiger partial charge in [-0.3, -0.25) is 0 Å². The molecule has 7 heteroatoms. The Balaban J connectivity index is 2.06. The highest BCUT2D eigenvalue weighted by Crippen LogP contribution is 2.26. The monoisotopic (exact) mass is 354 g/mol. The van der Waals surface area contributed by atoms with Crippen LogP contribution in [0.15, 0.2) is 0 Å². The lowest BCUT2D eigenvalue weighted by Crippen LogP contribution is -2.58. The highest BCUT2D eigenvalue weighted by Gasteiger charge is 2.38. The minimum atomic E-state index is -3.39. The molecule has 2 rings (SSSR count). The summed E-state index contributed by atoms with van der Waals surface area (Å²) in [4.78, 5) is 0. The number of alkyl halides is 1. The maximum Gasteiger partial charge on any atom is 0.279 e. The van der Waals surface area contributed by atoms with Gasteiger partial charge in [0.15, 0.2) is 0 Å². The molecule has 5 nitrogen and oxygen atoms in total. The van der Waals surface area contributed by atoms with Crippen molar-refractivity contribution in [3.63, 3.8) is 0 Å². The molecule has 2 fully saturated rings. The molecule has 0 aromatic rings. The molecule has 1 N–H and O–H groups in total. The number of piperidine rings is 1. The number of nitrogens with one attached hydrogen (secondary N) is 1. The van der Waals surface area contributed by atoms with Crippen LogP contribution in [0.5, 0.6) is 0 Å². The SMILES string of the molecule is CC1CCCN(S(=O)(=O)NC2(CBr)CCOCC2)C1. The van der Waals surface area contributed by atoms with Crippen LogP contribution in [0, 0.1) is 5.92 Å². The van der Waals surface area contributed by atoms with Gasteiger partial charge in [-0.05, 0) is 31.6 Å². The van der Waals surface area contributed by atoms with Crippen molar-refractivity contribution in [2.45, 2.75) is 38.1 Å². The second kappa shape index (κ2) is 6.39. The van der Waals surface area contributed by atoms with Crippen LogP contribution in [0.25, 0.3) is 0 Å². The maximum absolute atomic E-state index is 12.5. The molecule has 2 aliphatic heterocycles. The topological polar surface area (TPSA) is 58.6 Å². The third-order valence-corrected chi connectivity index (χ3v) is 6.79. The van der Waals surface area contributed by atoms with Gasteiger partial charge in [-0.25, -0.2) is 0 Å². The molecule has 0 saturated carbocycles. The predicted octanol–water partition coefficient (Wildman–Crippen LogP) is 1.50. The minimum Gasteiger partial charge on any atom is -0.381 e. The fourth-order valence-electron chi connectivity index (χ4n) is 2.73. The summed E-state index contributed by atoms with van der Waals surface area (Å²) in [6.07, 6.45) is 3.51. The van der Waals surface area contributed by atoms with E-state index in [1.54, 1.807) is 4.31 Å². The van der Waals surface area contributed by atoms with E-state index in [1.807, 2.05) is 0 Å².